The topological polar surface area (TPSA) is 88.3 Å². The summed E-state index contributed by atoms with van der Waals surface area (Å²) < 4.78 is 5.27. The van der Waals surface area contributed by atoms with Gasteiger partial charge in [-0.15, -0.1) is 24.0 Å². The number of H-pyrrole nitrogens is 1. The predicted molar refractivity (Wildman–Crippen MR) is 108 cm³/mol. The fourth-order valence-electron chi connectivity index (χ4n) is 2.33. The van der Waals surface area contributed by atoms with E-state index in [0.717, 1.165) is 28.3 Å². The van der Waals surface area contributed by atoms with Gasteiger partial charge in [-0.3, -0.25) is 4.99 Å². The Kier molecular flexibility index (Phi) is 6.42. The van der Waals surface area contributed by atoms with Crippen LogP contribution in [0, 0.1) is 0 Å². The molecule has 0 bridgehead atoms. The molecule has 1 heterocycles. The molecule has 0 saturated carbocycles. The number of anilines is 1. The van der Waals surface area contributed by atoms with Gasteiger partial charge in [0, 0.05) is 13.0 Å². The number of aromatic nitrogens is 2. The average molecular weight is 437 g/mol. The summed E-state index contributed by atoms with van der Waals surface area (Å²) in [5.41, 5.74) is 8.71. The molecule has 3 rings (SSSR count). The van der Waals surface area contributed by atoms with Crippen LogP contribution in [0.15, 0.2) is 53.5 Å². The average Bonchev–Trinajstić information content (AvgIpc) is 2.98. The van der Waals surface area contributed by atoms with Crippen LogP contribution in [0.25, 0.3) is 11.0 Å². The van der Waals surface area contributed by atoms with Crippen LogP contribution in [0.5, 0.6) is 5.75 Å². The van der Waals surface area contributed by atoms with Gasteiger partial charge in [0.2, 0.25) is 0 Å². The Bertz CT molecular complexity index is 797. The number of nitrogens with zero attached hydrogens (tertiary/aromatic N) is 2. The third-order valence-corrected chi connectivity index (χ3v) is 3.44. The van der Waals surface area contributed by atoms with Gasteiger partial charge in [0.05, 0.1) is 23.8 Å². The fraction of sp³-hybridized carbons (Fsp3) is 0.176. The molecular formula is C17H20IN5O. The number of fused-ring (bicyclic) bond motifs is 1. The lowest BCUT2D eigenvalue weighted by molar-refractivity contribution is 0.417. The number of nitrogens with two attached hydrogens (primary N) is 1. The van der Waals surface area contributed by atoms with Crippen molar-refractivity contribution < 1.29 is 4.74 Å². The highest BCUT2D eigenvalue weighted by molar-refractivity contribution is 14.0. The van der Waals surface area contributed by atoms with Gasteiger partial charge in [-0.25, -0.2) is 4.98 Å². The van der Waals surface area contributed by atoms with E-state index in [4.69, 9.17) is 10.5 Å². The molecule has 126 valence electrons. The van der Waals surface area contributed by atoms with E-state index in [1.165, 1.54) is 0 Å². The number of benzene rings is 2. The smallest absolute Gasteiger partial charge is 0.193 e. The highest BCUT2D eigenvalue weighted by atomic mass is 127. The van der Waals surface area contributed by atoms with Crippen molar-refractivity contribution in [3.8, 4) is 5.75 Å². The number of para-hydroxylation sites is 4. The van der Waals surface area contributed by atoms with Crippen molar-refractivity contribution in [2.75, 3.05) is 19.0 Å². The number of aliphatic imine (C=N–C) groups is 1. The first-order valence-corrected chi connectivity index (χ1v) is 7.40. The molecule has 2 aromatic carbocycles. The predicted octanol–water partition coefficient (Wildman–Crippen LogP) is 3.16. The highest BCUT2D eigenvalue weighted by Crippen LogP contribution is 2.22. The normalized spacial score (nSPS) is 11.1. The third kappa shape index (κ3) is 4.38. The van der Waals surface area contributed by atoms with Gasteiger partial charge in [-0.05, 0) is 24.3 Å². The number of nitrogens with one attached hydrogen (secondary N) is 2. The van der Waals surface area contributed by atoms with Crippen molar-refractivity contribution in [3.05, 3.63) is 54.4 Å². The van der Waals surface area contributed by atoms with E-state index in [0.29, 0.717) is 18.9 Å². The van der Waals surface area contributed by atoms with Crippen molar-refractivity contribution in [3.63, 3.8) is 0 Å². The first-order valence-electron chi connectivity index (χ1n) is 7.40. The van der Waals surface area contributed by atoms with Crippen LogP contribution >= 0.6 is 24.0 Å². The summed E-state index contributed by atoms with van der Waals surface area (Å²) in [5.74, 6) is 1.98. The molecule has 0 fully saturated rings. The summed E-state index contributed by atoms with van der Waals surface area (Å²) in [6, 6.07) is 15.5. The van der Waals surface area contributed by atoms with Crippen LogP contribution < -0.4 is 15.8 Å². The Morgan fingerprint density at radius 3 is 2.75 bits per heavy atom. The minimum atomic E-state index is 0. The van der Waals surface area contributed by atoms with Crippen LogP contribution in [-0.4, -0.2) is 29.6 Å². The molecule has 3 aromatic rings. The zero-order chi connectivity index (χ0) is 16.1. The van der Waals surface area contributed by atoms with Gasteiger partial charge in [0.15, 0.2) is 5.96 Å². The molecule has 0 aliphatic rings. The number of imidazole rings is 1. The van der Waals surface area contributed by atoms with E-state index in [2.05, 4.69) is 20.3 Å². The first-order chi connectivity index (χ1) is 11.3. The number of aromatic amines is 1. The van der Waals surface area contributed by atoms with Crippen molar-refractivity contribution in [1.29, 1.82) is 0 Å². The van der Waals surface area contributed by atoms with Crippen molar-refractivity contribution in [1.82, 2.24) is 9.97 Å². The van der Waals surface area contributed by atoms with Gasteiger partial charge >= 0.3 is 0 Å². The summed E-state index contributed by atoms with van der Waals surface area (Å²) in [6.07, 6.45) is 0.697. The van der Waals surface area contributed by atoms with Crippen LogP contribution in [0.4, 0.5) is 5.69 Å². The quantitative estimate of drug-likeness (QED) is 0.325. The maximum absolute atomic E-state index is 5.92. The van der Waals surface area contributed by atoms with Crippen molar-refractivity contribution in [2.24, 2.45) is 10.7 Å². The fourth-order valence-corrected chi connectivity index (χ4v) is 2.33. The summed E-state index contributed by atoms with van der Waals surface area (Å²) in [6.45, 7) is 0.549. The molecule has 0 aliphatic carbocycles. The maximum atomic E-state index is 5.92. The van der Waals surface area contributed by atoms with E-state index in [-0.39, 0.29) is 24.0 Å². The highest BCUT2D eigenvalue weighted by Gasteiger charge is 2.03. The number of hydrogen-bond donors (Lipinski definition) is 3. The number of hydrogen-bond acceptors (Lipinski definition) is 3. The Hall–Kier alpha value is -2.29. The summed E-state index contributed by atoms with van der Waals surface area (Å²) in [5, 5.41) is 3.05. The Morgan fingerprint density at radius 2 is 1.96 bits per heavy atom. The van der Waals surface area contributed by atoms with E-state index in [1.807, 2.05) is 48.5 Å². The zero-order valence-electron chi connectivity index (χ0n) is 13.3. The van der Waals surface area contributed by atoms with Crippen LogP contribution in [0.2, 0.25) is 0 Å². The summed E-state index contributed by atoms with van der Waals surface area (Å²) in [4.78, 5) is 12.1. The molecule has 4 N–H and O–H groups in total. The third-order valence-electron chi connectivity index (χ3n) is 3.44. The van der Waals surface area contributed by atoms with Crippen LogP contribution in [0.1, 0.15) is 5.82 Å². The van der Waals surface area contributed by atoms with E-state index in [9.17, 15) is 0 Å². The zero-order valence-corrected chi connectivity index (χ0v) is 15.7. The molecule has 0 amide bonds. The second-order valence-electron chi connectivity index (χ2n) is 5.04. The lowest BCUT2D eigenvalue weighted by atomic mass is 10.3. The Morgan fingerprint density at radius 1 is 1.21 bits per heavy atom. The molecule has 0 spiro atoms. The molecule has 6 nitrogen and oxygen atoms in total. The lowest BCUT2D eigenvalue weighted by Crippen LogP contribution is -2.23. The molecule has 0 atom stereocenters. The SMILES string of the molecule is COc1ccccc1NC(N)=NCCc1nc2ccccc2[nH]1.I. The molecule has 24 heavy (non-hydrogen) atoms. The number of guanidine groups is 1. The molecular weight excluding hydrogens is 417 g/mol. The van der Waals surface area contributed by atoms with Gasteiger partial charge in [0.1, 0.15) is 11.6 Å². The van der Waals surface area contributed by atoms with E-state index >= 15 is 0 Å². The first kappa shape index (κ1) is 18.1. The van der Waals surface area contributed by atoms with Gasteiger partial charge < -0.3 is 20.8 Å². The molecule has 0 aliphatic heterocycles. The monoisotopic (exact) mass is 437 g/mol. The van der Waals surface area contributed by atoms with E-state index < -0.39 is 0 Å². The van der Waals surface area contributed by atoms with E-state index in [1.54, 1.807) is 7.11 Å². The Labute approximate surface area is 157 Å². The van der Waals surface area contributed by atoms with Gasteiger partial charge in [-0.2, -0.15) is 0 Å². The number of halogens is 1. The summed E-state index contributed by atoms with van der Waals surface area (Å²) >= 11 is 0. The minimum Gasteiger partial charge on any atom is -0.495 e. The standard InChI is InChI=1S/C17H19N5O.HI/c1-23-15-9-5-4-8-14(15)22-17(18)19-11-10-16-20-12-6-2-3-7-13(12)21-16;/h2-9H,10-11H2,1H3,(H,20,21)(H3,18,19,22);1H. The lowest BCUT2D eigenvalue weighted by Gasteiger charge is -2.09. The van der Waals surface area contributed by atoms with Gasteiger partial charge in [0.25, 0.3) is 0 Å². The molecule has 1 aromatic heterocycles. The number of methoxy groups -OCH3 is 1. The summed E-state index contributed by atoms with van der Waals surface area (Å²) in [7, 11) is 1.62. The Balaban J connectivity index is 0.00000208. The van der Waals surface area contributed by atoms with Gasteiger partial charge in [-0.1, -0.05) is 24.3 Å². The van der Waals surface area contributed by atoms with Crippen molar-refractivity contribution >= 4 is 46.7 Å². The molecule has 7 heteroatoms. The molecule has 0 radical (unpaired) electrons. The molecule has 0 saturated heterocycles. The van der Waals surface area contributed by atoms with Crippen molar-refractivity contribution in [2.45, 2.75) is 6.42 Å². The number of ether oxygens (including phenoxy) is 1. The van der Waals surface area contributed by atoms with Crippen LogP contribution in [0.3, 0.4) is 0 Å². The second kappa shape index (κ2) is 8.53. The largest absolute Gasteiger partial charge is 0.495 e. The number of rotatable bonds is 5. The molecule has 0 unspecified atom stereocenters. The van der Waals surface area contributed by atoms with Crippen LogP contribution in [-0.2, 0) is 6.42 Å². The second-order valence-corrected chi connectivity index (χ2v) is 5.04. The minimum absolute atomic E-state index is 0. The maximum Gasteiger partial charge on any atom is 0.193 e.